The highest BCUT2D eigenvalue weighted by molar-refractivity contribution is 7.89. The third-order valence-corrected chi connectivity index (χ3v) is 7.90. The van der Waals surface area contributed by atoms with Crippen LogP contribution in [0.15, 0.2) is 72.3 Å². The van der Waals surface area contributed by atoms with Gasteiger partial charge in [-0.2, -0.15) is 4.31 Å². The van der Waals surface area contributed by atoms with Gasteiger partial charge in [0.15, 0.2) is 5.03 Å². The van der Waals surface area contributed by atoms with Crippen molar-refractivity contribution in [3.05, 3.63) is 89.5 Å². The Morgan fingerprint density at radius 2 is 1.85 bits per heavy atom. The van der Waals surface area contributed by atoms with E-state index in [1.807, 2.05) is 18.2 Å². The molecule has 1 N–H and O–H groups in total. The lowest BCUT2D eigenvalue weighted by atomic mass is 9.88. The topological polar surface area (TPSA) is 83.9 Å². The highest BCUT2D eigenvalue weighted by Crippen LogP contribution is 2.41. The summed E-state index contributed by atoms with van der Waals surface area (Å²) in [6, 6.07) is 13.6. The largest absolute Gasteiger partial charge is 0.342 e. The molecule has 1 fully saturated rings. The Labute approximate surface area is 195 Å². The second kappa shape index (κ2) is 8.40. The van der Waals surface area contributed by atoms with Crippen LogP contribution in [0.2, 0.25) is 5.02 Å². The Hall–Kier alpha value is -3.01. The molecule has 1 aliphatic heterocycles. The van der Waals surface area contributed by atoms with E-state index in [4.69, 9.17) is 11.6 Å². The minimum Gasteiger partial charge on any atom is -0.342 e. The zero-order valence-electron chi connectivity index (χ0n) is 17.7. The Kier molecular flexibility index (Phi) is 5.55. The number of imidazole rings is 2. The molecule has 7 nitrogen and oxygen atoms in total. The lowest BCUT2D eigenvalue weighted by molar-refractivity contribution is 0.467. The summed E-state index contributed by atoms with van der Waals surface area (Å²) >= 11 is 6.13. The number of benzene rings is 2. The zero-order chi connectivity index (χ0) is 23.2. The second-order valence-electron chi connectivity index (χ2n) is 8.16. The smallest absolute Gasteiger partial charge is 0.262 e. The Bertz CT molecular complexity index is 1400. The van der Waals surface area contributed by atoms with Gasteiger partial charge in [-0.25, -0.2) is 22.8 Å². The number of nitrogens with one attached hydrogen (secondary N) is 1. The molecule has 4 aromatic rings. The number of halogens is 2. The van der Waals surface area contributed by atoms with E-state index in [1.54, 1.807) is 36.0 Å². The van der Waals surface area contributed by atoms with Crippen molar-refractivity contribution >= 4 is 21.6 Å². The first-order valence-electron chi connectivity index (χ1n) is 10.4. The second-order valence-corrected chi connectivity index (χ2v) is 10.5. The van der Waals surface area contributed by atoms with Crippen molar-refractivity contribution in [3.8, 4) is 11.3 Å². The Balaban J connectivity index is 1.52. The zero-order valence-corrected chi connectivity index (χ0v) is 19.3. The molecular weight excluding hydrogens is 465 g/mol. The highest BCUT2D eigenvalue weighted by Gasteiger charge is 2.42. The number of rotatable bonds is 5. The number of hydrogen-bond acceptors (Lipinski definition) is 4. The van der Waals surface area contributed by atoms with Crippen LogP contribution in [-0.4, -0.2) is 45.3 Å². The van der Waals surface area contributed by atoms with E-state index in [0.717, 1.165) is 16.8 Å². The predicted octanol–water partition coefficient (Wildman–Crippen LogP) is 4.17. The van der Waals surface area contributed by atoms with E-state index >= 15 is 0 Å². The van der Waals surface area contributed by atoms with Crippen molar-refractivity contribution in [2.75, 3.05) is 13.1 Å². The van der Waals surface area contributed by atoms with Crippen molar-refractivity contribution in [1.82, 2.24) is 23.8 Å². The van der Waals surface area contributed by atoms with Gasteiger partial charge < -0.3 is 9.55 Å². The van der Waals surface area contributed by atoms with Crippen LogP contribution in [0.1, 0.15) is 23.2 Å². The number of aryl methyl sites for hydroxylation is 1. The summed E-state index contributed by atoms with van der Waals surface area (Å²) in [5.41, 5.74) is 2.52. The molecule has 0 radical (unpaired) electrons. The highest BCUT2D eigenvalue weighted by atomic mass is 35.5. The predicted molar refractivity (Wildman–Crippen MR) is 123 cm³/mol. The lowest BCUT2D eigenvalue weighted by Gasteiger charge is -2.17. The van der Waals surface area contributed by atoms with Gasteiger partial charge >= 0.3 is 0 Å². The van der Waals surface area contributed by atoms with Gasteiger partial charge in [0.2, 0.25) is 0 Å². The summed E-state index contributed by atoms with van der Waals surface area (Å²) in [5, 5.41) is 0.615. The van der Waals surface area contributed by atoms with Crippen molar-refractivity contribution in [1.29, 1.82) is 0 Å². The number of aromatic amines is 1. The first-order valence-corrected chi connectivity index (χ1v) is 12.2. The molecule has 0 saturated carbocycles. The summed E-state index contributed by atoms with van der Waals surface area (Å²) in [5.74, 6) is -0.130. The minimum atomic E-state index is -3.79. The molecule has 0 spiro atoms. The molecule has 33 heavy (non-hydrogen) atoms. The first-order chi connectivity index (χ1) is 15.8. The molecule has 2 aromatic heterocycles. The maximum absolute atomic E-state index is 13.6. The lowest BCUT2D eigenvalue weighted by Crippen LogP contribution is -2.29. The van der Waals surface area contributed by atoms with Crippen molar-refractivity contribution < 1.29 is 12.8 Å². The maximum atomic E-state index is 13.6. The van der Waals surface area contributed by atoms with Crippen LogP contribution in [0.25, 0.3) is 11.3 Å². The van der Waals surface area contributed by atoms with Crippen LogP contribution in [0.3, 0.4) is 0 Å². The van der Waals surface area contributed by atoms with Gasteiger partial charge in [0.25, 0.3) is 10.0 Å². The molecule has 0 amide bonds. The first kappa shape index (κ1) is 21.8. The summed E-state index contributed by atoms with van der Waals surface area (Å²) in [7, 11) is -2.07. The van der Waals surface area contributed by atoms with Crippen LogP contribution in [0, 0.1) is 5.82 Å². The van der Waals surface area contributed by atoms with Crippen LogP contribution in [0.4, 0.5) is 4.39 Å². The molecule has 1 aliphatic rings. The fraction of sp³-hybridized carbons (Fsp3) is 0.217. The number of nitrogens with zero attached hydrogens (tertiary/aromatic N) is 4. The van der Waals surface area contributed by atoms with Crippen LogP contribution in [-0.2, 0) is 17.1 Å². The molecule has 0 bridgehead atoms. The van der Waals surface area contributed by atoms with E-state index in [0.29, 0.717) is 10.8 Å². The summed E-state index contributed by atoms with van der Waals surface area (Å²) in [4.78, 5) is 12.0. The average molecular weight is 486 g/mol. The normalized spacial score (nSPS) is 19.2. The van der Waals surface area contributed by atoms with Gasteiger partial charge in [-0.1, -0.05) is 35.9 Å². The third kappa shape index (κ3) is 4.19. The van der Waals surface area contributed by atoms with E-state index in [1.165, 1.54) is 29.0 Å². The van der Waals surface area contributed by atoms with Gasteiger partial charge in [0.1, 0.15) is 11.6 Å². The van der Waals surface area contributed by atoms with E-state index < -0.39 is 10.0 Å². The molecule has 3 heterocycles. The molecule has 0 aliphatic carbocycles. The third-order valence-electron chi connectivity index (χ3n) is 5.95. The summed E-state index contributed by atoms with van der Waals surface area (Å²) in [6.45, 7) is 0.464. The Morgan fingerprint density at radius 3 is 2.55 bits per heavy atom. The number of aromatic nitrogens is 4. The number of sulfonamides is 1. The molecular formula is C23H21ClFN5O2S. The van der Waals surface area contributed by atoms with E-state index in [-0.39, 0.29) is 35.8 Å². The van der Waals surface area contributed by atoms with Gasteiger partial charge in [-0.3, -0.25) is 0 Å². The van der Waals surface area contributed by atoms with Gasteiger partial charge in [0, 0.05) is 48.8 Å². The summed E-state index contributed by atoms with van der Waals surface area (Å²) in [6.07, 6.45) is 4.67. The van der Waals surface area contributed by atoms with Crippen molar-refractivity contribution in [2.45, 2.75) is 16.9 Å². The maximum Gasteiger partial charge on any atom is 0.262 e. The number of H-pyrrole nitrogens is 1. The molecule has 0 unspecified atom stereocenters. The van der Waals surface area contributed by atoms with Crippen molar-refractivity contribution in [2.24, 2.45) is 7.05 Å². The Morgan fingerprint density at radius 1 is 1.09 bits per heavy atom. The molecule has 5 rings (SSSR count). The van der Waals surface area contributed by atoms with E-state index in [9.17, 15) is 12.8 Å². The quantitative estimate of drug-likeness (QED) is 0.459. The van der Waals surface area contributed by atoms with E-state index in [2.05, 4.69) is 15.0 Å². The molecule has 2 atom stereocenters. The van der Waals surface area contributed by atoms with Crippen LogP contribution >= 0.6 is 11.6 Å². The number of hydrogen-bond donors (Lipinski definition) is 1. The monoisotopic (exact) mass is 485 g/mol. The van der Waals surface area contributed by atoms with Gasteiger partial charge in [0.05, 0.1) is 18.2 Å². The molecule has 1 saturated heterocycles. The molecule has 170 valence electrons. The minimum absolute atomic E-state index is 0.00238. The summed E-state index contributed by atoms with van der Waals surface area (Å²) < 4.78 is 43.1. The standard InChI is InChI=1S/C23H21ClFN5O2S/c1-29-13-22(27-14-29)33(31,32)30-11-19(15-5-7-18(25)8-6-15)20(12-30)23-26-10-21(28-23)16-3-2-4-17(24)9-16/h2-10,13-14,19-20H,11-12H2,1H3,(H,26,28)/t19-,20+/m0/s1. The van der Waals surface area contributed by atoms with Crippen LogP contribution < -0.4 is 0 Å². The van der Waals surface area contributed by atoms with Crippen molar-refractivity contribution in [3.63, 3.8) is 0 Å². The average Bonchev–Trinajstić information content (AvgIpc) is 3.53. The van der Waals surface area contributed by atoms with Crippen LogP contribution in [0.5, 0.6) is 0 Å². The van der Waals surface area contributed by atoms with Gasteiger partial charge in [-0.15, -0.1) is 0 Å². The molecule has 2 aromatic carbocycles. The fourth-order valence-corrected chi connectivity index (χ4v) is 5.92. The molecule has 10 heteroatoms. The fourth-order valence-electron chi connectivity index (χ4n) is 4.27. The van der Waals surface area contributed by atoms with Gasteiger partial charge in [-0.05, 0) is 29.8 Å². The SMILES string of the molecule is Cn1cnc(S(=O)(=O)N2C[C@@H](c3ccc(F)cc3)[C@H](c3ncc(-c4cccc(Cl)c4)[nH]3)C2)c1.